The van der Waals surface area contributed by atoms with Crippen LogP contribution in [0.5, 0.6) is 0 Å². The fourth-order valence-electron chi connectivity index (χ4n) is 1.65. The molecule has 0 fully saturated rings. The van der Waals surface area contributed by atoms with E-state index < -0.39 is 0 Å². The summed E-state index contributed by atoms with van der Waals surface area (Å²) in [5, 5.41) is 1.03. The lowest BCUT2D eigenvalue weighted by molar-refractivity contribution is 1.47. The van der Waals surface area contributed by atoms with Crippen molar-refractivity contribution in [2.45, 2.75) is 0 Å². The summed E-state index contributed by atoms with van der Waals surface area (Å²) in [6.07, 6.45) is 0. The Hall–Kier alpha value is -1.39. The Balaban J connectivity index is 2.14. The van der Waals surface area contributed by atoms with E-state index >= 15 is 0 Å². The summed E-state index contributed by atoms with van der Waals surface area (Å²) in [7, 11) is 0. The van der Waals surface area contributed by atoms with Gasteiger partial charge in [-0.15, -0.1) is 11.3 Å². The smallest absolute Gasteiger partial charge is 0.124 e. The lowest BCUT2D eigenvalue weighted by Gasteiger charge is -1.95. The molecule has 0 aliphatic heterocycles. The number of rotatable bonds is 1. The third kappa shape index (κ3) is 2.06. The monoisotopic (exact) mass is 304 g/mol. The lowest BCUT2D eigenvalue weighted by atomic mass is 10.2. The van der Waals surface area contributed by atoms with Crippen molar-refractivity contribution in [2.75, 3.05) is 5.73 Å². The quantitative estimate of drug-likeness (QED) is 0.680. The Morgan fingerprint density at radius 1 is 1.06 bits per heavy atom. The van der Waals surface area contributed by atoms with Gasteiger partial charge in [-0.25, -0.2) is 4.98 Å². The molecule has 0 aliphatic rings. The number of nitrogens with zero attached hydrogens (tertiary/aromatic N) is 1. The van der Waals surface area contributed by atoms with Gasteiger partial charge in [0.15, 0.2) is 0 Å². The zero-order valence-electron chi connectivity index (χ0n) is 8.85. The first-order chi connectivity index (χ1) is 8.22. The third-order valence-electron chi connectivity index (χ3n) is 2.51. The van der Waals surface area contributed by atoms with E-state index in [0.717, 1.165) is 26.2 Å². The Labute approximate surface area is 111 Å². The normalized spacial score (nSPS) is 10.9. The van der Waals surface area contributed by atoms with Crippen LogP contribution in [-0.2, 0) is 0 Å². The highest BCUT2D eigenvalue weighted by molar-refractivity contribution is 9.10. The van der Waals surface area contributed by atoms with Crippen LogP contribution in [0.25, 0.3) is 20.8 Å². The SMILES string of the molecule is Nc1ccc(-c2nc3cc(Br)ccc3s2)cc1. The van der Waals surface area contributed by atoms with Gasteiger partial charge in [0.1, 0.15) is 5.01 Å². The van der Waals surface area contributed by atoms with Crippen LogP contribution in [0.2, 0.25) is 0 Å². The van der Waals surface area contributed by atoms with E-state index in [0.29, 0.717) is 0 Å². The molecule has 4 heteroatoms. The average Bonchev–Trinajstić information content (AvgIpc) is 2.72. The summed E-state index contributed by atoms with van der Waals surface area (Å²) in [5.41, 5.74) is 8.58. The van der Waals surface area contributed by atoms with Gasteiger partial charge < -0.3 is 5.73 Å². The van der Waals surface area contributed by atoms with Crippen LogP contribution in [0.15, 0.2) is 46.9 Å². The topological polar surface area (TPSA) is 38.9 Å². The van der Waals surface area contributed by atoms with E-state index in [2.05, 4.69) is 27.0 Å². The molecule has 0 atom stereocenters. The van der Waals surface area contributed by atoms with Crippen molar-refractivity contribution in [3.05, 3.63) is 46.9 Å². The van der Waals surface area contributed by atoms with E-state index in [1.54, 1.807) is 11.3 Å². The number of benzene rings is 2. The van der Waals surface area contributed by atoms with Gasteiger partial charge in [-0.2, -0.15) is 0 Å². The molecule has 0 unspecified atom stereocenters. The first kappa shape index (κ1) is 10.7. The molecule has 1 heterocycles. The second-order valence-corrected chi connectivity index (χ2v) is 5.70. The van der Waals surface area contributed by atoms with Crippen LogP contribution in [-0.4, -0.2) is 4.98 Å². The molecule has 17 heavy (non-hydrogen) atoms. The fraction of sp³-hybridized carbons (Fsp3) is 0. The highest BCUT2D eigenvalue weighted by Crippen LogP contribution is 2.31. The molecule has 84 valence electrons. The summed E-state index contributed by atoms with van der Waals surface area (Å²) < 4.78 is 2.25. The van der Waals surface area contributed by atoms with Crippen LogP contribution in [0.1, 0.15) is 0 Å². The predicted molar refractivity (Wildman–Crippen MR) is 77.2 cm³/mol. The highest BCUT2D eigenvalue weighted by Gasteiger charge is 2.06. The maximum absolute atomic E-state index is 5.68. The molecule has 3 rings (SSSR count). The Kier molecular flexibility index (Phi) is 2.61. The Morgan fingerprint density at radius 3 is 2.59 bits per heavy atom. The van der Waals surface area contributed by atoms with Crippen LogP contribution in [0.3, 0.4) is 0 Å². The van der Waals surface area contributed by atoms with E-state index in [9.17, 15) is 0 Å². The molecule has 3 aromatic rings. The summed E-state index contributed by atoms with van der Waals surface area (Å²) >= 11 is 5.15. The van der Waals surface area contributed by atoms with Gasteiger partial charge in [0.25, 0.3) is 0 Å². The second kappa shape index (κ2) is 4.13. The van der Waals surface area contributed by atoms with Gasteiger partial charge in [0, 0.05) is 15.7 Å². The molecule has 0 bridgehead atoms. The minimum atomic E-state index is 0.776. The standard InChI is InChI=1S/C13H9BrN2S/c14-9-3-6-12-11(7-9)16-13(17-12)8-1-4-10(15)5-2-8/h1-7H,15H2. The minimum Gasteiger partial charge on any atom is -0.399 e. The number of aromatic nitrogens is 1. The average molecular weight is 305 g/mol. The number of nitrogens with two attached hydrogens (primary N) is 1. The van der Waals surface area contributed by atoms with E-state index in [1.807, 2.05) is 36.4 Å². The Bertz CT molecular complexity index is 673. The number of anilines is 1. The number of fused-ring (bicyclic) bond motifs is 1. The summed E-state index contributed by atoms with van der Waals surface area (Å²) in [6, 6.07) is 14.0. The summed E-state index contributed by atoms with van der Waals surface area (Å²) in [4.78, 5) is 4.62. The Morgan fingerprint density at radius 2 is 1.82 bits per heavy atom. The van der Waals surface area contributed by atoms with Crippen LogP contribution >= 0.6 is 27.3 Å². The molecule has 0 amide bonds. The fourth-order valence-corrected chi connectivity index (χ4v) is 2.95. The minimum absolute atomic E-state index is 0.776. The predicted octanol–water partition coefficient (Wildman–Crippen LogP) is 4.31. The van der Waals surface area contributed by atoms with Gasteiger partial charge in [0.2, 0.25) is 0 Å². The lowest BCUT2D eigenvalue weighted by Crippen LogP contribution is -1.83. The van der Waals surface area contributed by atoms with E-state index in [-0.39, 0.29) is 0 Å². The molecular weight excluding hydrogens is 296 g/mol. The number of hydrogen-bond donors (Lipinski definition) is 1. The summed E-state index contributed by atoms with van der Waals surface area (Å²) in [5.74, 6) is 0. The van der Waals surface area contributed by atoms with E-state index in [4.69, 9.17) is 5.73 Å². The number of hydrogen-bond acceptors (Lipinski definition) is 3. The second-order valence-electron chi connectivity index (χ2n) is 3.75. The first-order valence-corrected chi connectivity index (χ1v) is 6.75. The van der Waals surface area contributed by atoms with Crippen molar-refractivity contribution < 1.29 is 0 Å². The molecule has 1 aromatic heterocycles. The van der Waals surface area contributed by atoms with Crippen LogP contribution < -0.4 is 5.73 Å². The van der Waals surface area contributed by atoms with Crippen molar-refractivity contribution in [3.8, 4) is 10.6 Å². The highest BCUT2D eigenvalue weighted by atomic mass is 79.9. The summed E-state index contributed by atoms with van der Waals surface area (Å²) in [6.45, 7) is 0. The van der Waals surface area contributed by atoms with Gasteiger partial charge in [-0.05, 0) is 42.5 Å². The molecule has 0 radical (unpaired) electrons. The zero-order chi connectivity index (χ0) is 11.8. The van der Waals surface area contributed by atoms with Crippen LogP contribution in [0.4, 0.5) is 5.69 Å². The molecule has 0 spiro atoms. The van der Waals surface area contributed by atoms with Gasteiger partial charge >= 0.3 is 0 Å². The molecule has 2 nitrogen and oxygen atoms in total. The van der Waals surface area contributed by atoms with Crippen LogP contribution in [0, 0.1) is 0 Å². The van der Waals surface area contributed by atoms with Crippen molar-refractivity contribution in [1.82, 2.24) is 4.98 Å². The maximum atomic E-state index is 5.68. The molecule has 0 aliphatic carbocycles. The first-order valence-electron chi connectivity index (χ1n) is 5.14. The molecule has 0 saturated carbocycles. The number of nitrogen functional groups attached to an aromatic ring is 1. The molecular formula is C13H9BrN2S. The largest absolute Gasteiger partial charge is 0.399 e. The molecule has 0 saturated heterocycles. The van der Waals surface area contributed by atoms with Crippen molar-refractivity contribution in [1.29, 1.82) is 0 Å². The number of thiazole rings is 1. The van der Waals surface area contributed by atoms with Crippen molar-refractivity contribution in [2.24, 2.45) is 0 Å². The molecule has 2 aromatic carbocycles. The third-order valence-corrected chi connectivity index (χ3v) is 4.09. The maximum Gasteiger partial charge on any atom is 0.124 e. The van der Waals surface area contributed by atoms with Gasteiger partial charge in [0.05, 0.1) is 10.2 Å². The van der Waals surface area contributed by atoms with Gasteiger partial charge in [-0.3, -0.25) is 0 Å². The van der Waals surface area contributed by atoms with E-state index in [1.165, 1.54) is 4.70 Å². The number of halogens is 1. The van der Waals surface area contributed by atoms with Crippen molar-refractivity contribution >= 4 is 43.2 Å². The van der Waals surface area contributed by atoms with Gasteiger partial charge in [-0.1, -0.05) is 15.9 Å². The van der Waals surface area contributed by atoms with Crippen molar-refractivity contribution in [3.63, 3.8) is 0 Å². The molecule has 2 N–H and O–H groups in total. The zero-order valence-corrected chi connectivity index (χ0v) is 11.3.